The van der Waals surface area contributed by atoms with E-state index in [9.17, 15) is 5.11 Å². The Morgan fingerprint density at radius 2 is 2.12 bits per heavy atom. The molecule has 5 N–H and O–H groups in total. The highest BCUT2D eigenvalue weighted by Crippen LogP contribution is 2.34. The molecule has 0 spiro atoms. The second kappa shape index (κ2) is 8.17. The second-order valence-electron chi connectivity index (χ2n) is 3.66. The van der Waals surface area contributed by atoms with Crippen molar-refractivity contribution in [3.8, 4) is 11.5 Å². The standard InChI is InChI=1S/C12H20N2O2.ClH/c1-2-16-11-7-3-5-9(12(11)15)10(14)6-4-8-13;/h3,5,7,10,15H,2,4,6,8,13-14H2,1H3;1H/t10-;/m1./s1. The van der Waals surface area contributed by atoms with Gasteiger partial charge in [0.25, 0.3) is 0 Å². The summed E-state index contributed by atoms with van der Waals surface area (Å²) in [5.74, 6) is 0.636. The minimum Gasteiger partial charge on any atom is -0.504 e. The zero-order chi connectivity index (χ0) is 12.0. The molecule has 0 amide bonds. The Morgan fingerprint density at radius 1 is 1.41 bits per heavy atom. The van der Waals surface area contributed by atoms with Crippen LogP contribution in [0.1, 0.15) is 31.4 Å². The van der Waals surface area contributed by atoms with E-state index < -0.39 is 0 Å². The number of halogens is 1. The van der Waals surface area contributed by atoms with Crippen LogP contribution in [0.2, 0.25) is 0 Å². The predicted molar refractivity (Wildman–Crippen MR) is 71.7 cm³/mol. The van der Waals surface area contributed by atoms with Gasteiger partial charge in [0.15, 0.2) is 11.5 Å². The van der Waals surface area contributed by atoms with Gasteiger partial charge in [-0.25, -0.2) is 0 Å². The van der Waals surface area contributed by atoms with Gasteiger partial charge in [-0.05, 0) is 32.4 Å². The van der Waals surface area contributed by atoms with Crippen LogP contribution in [-0.4, -0.2) is 18.3 Å². The fourth-order valence-corrected chi connectivity index (χ4v) is 1.60. The van der Waals surface area contributed by atoms with Gasteiger partial charge in [0.05, 0.1) is 6.61 Å². The molecule has 1 aromatic rings. The molecule has 1 aromatic carbocycles. The quantitative estimate of drug-likeness (QED) is 0.730. The van der Waals surface area contributed by atoms with Gasteiger partial charge in [0, 0.05) is 11.6 Å². The molecule has 17 heavy (non-hydrogen) atoms. The Kier molecular flexibility index (Phi) is 7.70. The monoisotopic (exact) mass is 260 g/mol. The van der Waals surface area contributed by atoms with Crippen LogP contribution in [0.4, 0.5) is 0 Å². The number of hydrogen-bond acceptors (Lipinski definition) is 4. The average molecular weight is 261 g/mol. The lowest BCUT2D eigenvalue weighted by atomic mass is 10.0. The van der Waals surface area contributed by atoms with Crippen molar-refractivity contribution in [1.82, 2.24) is 0 Å². The molecule has 1 atom stereocenters. The molecule has 0 fully saturated rings. The molecular formula is C12H21ClN2O2. The summed E-state index contributed by atoms with van der Waals surface area (Å²) >= 11 is 0. The number of rotatable bonds is 6. The average Bonchev–Trinajstić information content (AvgIpc) is 2.29. The lowest BCUT2D eigenvalue weighted by Crippen LogP contribution is -2.13. The van der Waals surface area contributed by atoms with E-state index in [2.05, 4.69) is 0 Å². The van der Waals surface area contributed by atoms with Crippen molar-refractivity contribution in [2.45, 2.75) is 25.8 Å². The Morgan fingerprint density at radius 3 is 2.71 bits per heavy atom. The van der Waals surface area contributed by atoms with Gasteiger partial charge >= 0.3 is 0 Å². The van der Waals surface area contributed by atoms with E-state index in [0.717, 1.165) is 18.4 Å². The van der Waals surface area contributed by atoms with Crippen molar-refractivity contribution < 1.29 is 9.84 Å². The Bertz CT molecular complexity index is 334. The first-order valence-electron chi connectivity index (χ1n) is 5.61. The molecule has 0 heterocycles. The van der Waals surface area contributed by atoms with Crippen LogP contribution in [0.25, 0.3) is 0 Å². The van der Waals surface area contributed by atoms with E-state index in [0.29, 0.717) is 18.9 Å². The summed E-state index contributed by atoms with van der Waals surface area (Å²) in [5.41, 5.74) is 12.1. The van der Waals surface area contributed by atoms with Gasteiger partial charge in [0.2, 0.25) is 0 Å². The van der Waals surface area contributed by atoms with Crippen molar-refractivity contribution in [2.75, 3.05) is 13.2 Å². The normalized spacial score (nSPS) is 11.7. The largest absolute Gasteiger partial charge is 0.504 e. The van der Waals surface area contributed by atoms with Crippen LogP contribution in [0.3, 0.4) is 0 Å². The molecule has 0 aliphatic heterocycles. The van der Waals surface area contributed by atoms with Crippen molar-refractivity contribution in [3.63, 3.8) is 0 Å². The van der Waals surface area contributed by atoms with Crippen LogP contribution in [0.15, 0.2) is 18.2 Å². The van der Waals surface area contributed by atoms with Crippen molar-refractivity contribution >= 4 is 12.4 Å². The highest BCUT2D eigenvalue weighted by molar-refractivity contribution is 5.85. The fourth-order valence-electron chi connectivity index (χ4n) is 1.60. The number of hydrogen-bond donors (Lipinski definition) is 3. The molecule has 0 aliphatic rings. The molecule has 5 heteroatoms. The maximum absolute atomic E-state index is 9.95. The first-order valence-corrected chi connectivity index (χ1v) is 5.61. The summed E-state index contributed by atoms with van der Waals surface area (Å²) in [6.45, 7) is 3.01. The van der Waals surface area contributed by atoms with Crippen LogP contribution in [-0.2, 0) is 0 Å². The molecule has 0 radical (unpaired) electrons. The lowest BCUT2D eigenvalue weighted by molar-refractivity contribution is 0.315. The Hall–Kier alpha value is -0.970. The maximum atomic E-state index is 9.95. The first kappa shape index (κ1) is 16.0. The van der Waals surface area contributed by atoms with E-state index in [4.69, 9.17) is 16.2 Å². The third-order valence-electron chi connectivity index (χ3n) is 2.45. The third-order valence-corrected chi connectivity index (χ3v) is 2.45. The van der Waals surface area contributed by atoms with E-state index in [1.54, 1.807) is 6.07 Å². The van der Waals surface area contributed by atoms with Gasteiger partial charge in [-0.2, -0.15) is 0 Å². The highest BCUT2D eigenvalue weighted by Gasteiger charge is 2.13. The summed E-state index contributed by atoms with van der Waals surface area (Å²) in [4.78, 5) is 0. The molecule has 0 unspecified atom stereocenters. The lowest BCUT2D eigenvalue weighted by Gasteiger charge is -2.15. The van der Waals surface area contributed by atoms with E-state index in [1.165, 1.54) is 0 Å². The van der Waals surface area contributed by atoms with Crippen LogP contribution < -0.4 is 16.2 Å². The van der Waals surface area contributed by atoms with Crippen LogP contribution >= 0.6 is 12.4 Å². The first-order chi connectivity index (χ1) is 7.70. The minimum atomic E-state index is -0.191. The number of benzene rings is 1. The fraction of sp³-hybridized carbons (Fsp3) is 0.500. The molecule has 0 bridgehead atoms. The molecule has 98 valence electrons. The second-order valence-corrected chi connectivity index (χ2v) is 3.66. The van der Waals surface area contributed by atoms with E-state index in [-0.39, 0.29) is 24.2 Å². The summed E-state index contributed by atoms with van der Waals surface area (Å²) in [7, 11) is 0. The molecule has 0 saturated carbocycles. The summed E-state index contributed by atoms with van der Waals surface area (Å²) in [6, 6.07) is 5.20. The summed E-state index contributed by atoms with van der Waals surface area (Å²) < 4.78 is 5.30. The number of phenolic OH excluding ortho intramolecular Hbond substituents is 1. The van der Waals surface area contributed by atoms with Crippen LogP contribution in [0.5, 0.6) is 11.5 Å². The topological polar surface area (TPSA) is 81.5 Å². The van der Waals surface area contributed by atoms with E-state index >= 15 is 0 Å². The zero-order valence-electron chi connectivity index (χ0n) is 10.1. The van der Waals surface area contributed by atoms with Gasteiger partial charge < -0.3 is 21.3 Å². The SMILES string of the molecule is CCOc1cccc([C@H](N)CCCN)c1O.Cl. The van der Waals surface area contributed by atoms with Crippen molar-refractivity contribution in [1.29, 1.82) is 0 Å². The zero-order valence-corrected chi connectivity index (χ0v) is 10.9. The van der Waals surface area contributed by atoms with Crippen LogP contribution in [0, 0.1) is 0 Å². The maximum Gasteiger partial charge on any atom is 0.162 e. The van der Waals surface area contributed by atoms with Gasteiger partial charge in [-0.1, -0.05) is 12.1 Å². The number of ether oxygens (including phenoxy) is 1. The molecular weight excluding hydrogens is 240 g/mol. The summed E-state index contributed by atoms with van der Waals surface area (Å²) in [6.07, 6.45) is 1.61. The Balaban J connectivity index is 0.00000256. The number of phenols is 1. The van der Waals surface area contributed by atoms with E-state index in [1.807, 2.05) is 19.1 Å². The predicted octanol–water partition coefficient (Wildman–Crippen LogP) is 1.95. The number of aromatic hydroxyl groups is 1. The highest BCUT2D eigenvalue weighted by atomic mass is 35.5. The van der Waals surface area contributed by atoms with Crippen molar-refractivity contribution in [3.05, 3.63) is 23.8 Å². The van der Waals surface area contributed by atoms with Gasteiger partial charge in [-0.3, -0.25) is 0 Å². The molecule has 0 aromatic heterocycles. The summed E-state index contributed by atoms with van der Waals surface area (Å²) in [5, 5.41) is 9.95. The number of nitrogens with two attached hydrogens (primary N) is 2. The molecule has 0 aliphatic carbocycles. The minimum absolute atomic E-state index is 0. The van der Waals surface area contributed by atoms with Gasteiger partial charge in [-0.15, -0.1) is 12.4 Å². The van der Waals surface area contributed by atoms with Crippen molar-refractivity contribution in [2.24, 2.45) is 11.5 Å². The third kappa shape index (κ3) is 4.42. The number of para-hydroxylation sites is 1. The smallest absolute Gasteiger partial charge is 0.162 e. The molecule has 4 nitrogen and oxygen atoms in total. The van der Waals surface area contributed by atoms with Gasteiger partial charge in [0.1, 0.15) is 0 Å². The molecule has 0 saturated heterocycles. The Labute approximate surface area is 108 Å². The molecule has 1 rings (SSSR count).